The first kappa shape index (κ1) is 16.8. The molecule has 1 rings (SSSR count). The van der Waals surface area contributed by atoms with Gasteiger partial charge in [-0.2, -0.15) is 0 Å². The van der Waals surface area contributed by atoms with E-state index in [-0.39, 0.29) is 12.1 Å². The predicted octanol–water partition coefficient (Wildman–Crippen LogP) is 4.71. The van der Waals surface area contributed by atoms with Crippen LogP contribution in [-0.4, -0.2) is 19.3 Å². The van der Waals surface area contributed by atoms with Crippen LogP contribution in [0.2, 0.25) is 10.0 Å². The number of hydrogen-bond acceptors (Lipinski definition) is 2. The second kappa shape index (κ2) is 8.11. The molecule has 0 spiro atoms. The average molecular weight is 304 g/mol. The Hall–Kier alpha value is -0.280. The maximum Gasteiger partial charge on any atom is 0.0792 e. The highest BCUT2D eigenvalue weighted by molar-refractivity contribution is 6.42. The molecule has 1 aromatic rings. The van der Waals surface area contributed by atoms with E-state index >= 15 is 0 Å². The zero-order valence-electron chi connectivity index (χ0n) is 12.0. The Morgan fingerprint density at radius 1 is 1.16 bits per heavy atom. The molecule has 2 unspecified atom stereocenters. The lowest BCUT2D eigenvalue weighted by atomic mass is 9.93. The van der Waals surface area contributed by atoms with Gasteiger partial charge in [0.1, 0.15) is 0 Å². The van der Waals surface area contributed by atoms with E-state index < -0.39 is 0 Å². The molecular formula is C15H23Cl2NO. The lowest BCUT2D eigenvalue weighted by Crippen LogP contribution is -2.37. The van der Waals surface area contributed by atoms with Crippen molar-refractivity contribution in [3.05, 3.63) is 33.8 Å². The molecule has 0 bridgehead atoms. The first-order chi connectivity index (χ1) is 9.01. The van der Waals surface area contributed by atoms with Crippen molar-refractivity contribution in [2.45, 2.75) is 39.8 Å². The van der Waals surface area contributed by atoms with Gasteiger partial charge in [0.15, 0.2) is 0 Å². The van der Waals surface area contributed by atoms with Gasteiger partial charge < -0.3 is 10.1 Å². The third kappa shape index (κ3) is 4.64. The SMILES string of the molecule is CCNC(c1ccc(Cl)c(Cl)c1)C(OCC)C(C)C. The number of likely N-dealkylation sites (N-methyl/N-ethyl adjacent to an activating group) is 1. The summed E-state index contributed by atoms with van der Waals surface area (Å²) in [6.45, 7) is 10.0. The van der Waals surface area contributed by atoms with Gasteiger partial charge in [-0.3, -0.25) is 0 Å². The van der Waals surface area contributed by atoms with Gasteiger partial charge in [0.05, 0.1) is 22.2 Å². The lowest BCUT2D eigenvalue weighted by molar-refractivity contribution is 0.00318. The van der Waals surface area contributed by atoms with Crippen molar-refractivity contribution >= 4 is 23.2 Å². The fourth-order valence-corrected chi connectivity index (χ4v) is 2.52. The smallest absolute Gasteiger partial charge is 0.0792 e. The highest BCUT2D eigenvalue weighted by atomic mass is 35.5. The van der Waals surface area contributed by atoms with Gasteiger partial charge in [0, 0.05) is 6.61 Å². The number of benzene rings is 1. The van der Waals surface area contributed by atoms with Gasteiger partial charge in [0.2, 0.25) is 0 Å². The lowest BCUT2D eigenvalue weighted by Gasteiger charge is -2.31. The monoisotopic (exact) mass is 303 g/mol. The second-order valence-electron chi connectivity index (χ2n) is 4.87. The van der Waals surface area contributed by atoms with Crippen molar-refractivity contribution in [2.75, 3.05) is 13.2 Å². The summed E-state index contributed by atoms with van der Waals surface area (Å²) >= 11 is 12.1. The minimum atomic E-state index is 0.113. The van der Waals surface area contributed by atoms with Gasteiger partial charge in [-0.1, -0.05) is 50.0 Å². The van der Waals surface area contributed by atoms with Crippen LogP contribution in [0, 0.1) is 5.92 Å². The first-order valence-electron chi connectivity index (χ1n) is 6.81. The van der Waals surface area contributed by atoms with Crippen LogP contribution in [0.15, 0.2) is 18.2 Å². The molecule has 0 heterocycles. The summed E-state index contributed by atoms with van der Waals surface area (Å²) in [6, 6.07) is 5.90. The highest BCUT2D eigenvalue weighted by Crippen LogP contribution is 2.30. The Labute approximate surface area is 126 Å². The van der Waals surface area contributed by atoms with Gasteiger partial charge in [-0.05, 0) is 37.1 Å². The molecule has 0 aliphatic heterocycles. The van der Waals surface area contributed by atoms with E-state index in [1.165, 1.54) is 0 Å². The minimum Gasteiger partial charge on any atom is -0.376 e. The Kier molecular flexibility index (Phi) is 7.16. The summed E-state index contributed by atoms with van der Waals surface area (Å²) < 4.78 is 5.90. The number of nitrogens with one attached hydrogen (secondary N) is 1. The molecule has 0 fully saturated rings. The number of hydrogen-bond donors (Lipinski definition) is 1. The molecule has 0 amide bonds. The van der Waals surface area contributed by atoms with Crippen LogP contribution in [0.1, 0.15) is 39.3 Å². The molecule has 1 aromatic carbocycles. The van der Waals surface area contributed by atoms with E-state index in [4.69, 9.17) is 27.9 Å². The molecule has 2 atom stereocenters. The molecule has 0 aliphatic carbocycles. The van der Waals surface area contributed by atoms with E-state index in [1.807, 2.05) is 25.1 Å². The van der Waals surface area contributed by atoms with Crippen molar-refractivity contribution in [3.63, 3.8) is 0 Å². The zero-order chi connectivity index (χ0) is 14.4. The van der Waals surface area contributed by atoms with Crippen LogP contribution in [0.3, 0.4) is 0 Å². The number of halogens is 2. The maximum atomic E-state index is 6.12. The zero-order valence-corrected chi connectivity index (χ0v) is 13.6. The van der Waals surface area contributed by atoms with Gasteiger partial charge in [-0.15, -0.1) is 0 Å². The topological polar surface area (TPSA) is 21.3 Å². The van der Waals surface area contributed by atoms with Crippen molar-refractivity contribution in [1.82, 2.24) is 5.32 Å². The van der Waals surface area contributed by atoms with Crippen molar-refractivity contribution < 1.29 is 4.74 Å². The molecule has 2 nitrogen and oxygen atoms in total. The van der Waals surface area contributed by atoms with E-state index in [0.717, 1.165) is 12.1 Å². The normalized spacial score (nSPS) is 14.7. The third-order valence-corrected chi connectivity index (χ3v) is 3.81. The first-order valence-corrected chi connectivity index (χ1v) is 7.56. The second-order valence-corrected chi connectivity index (χ2v) is 5.69. The van der Waals surface area contributed by atoms with Crippen LogP contribution in [0.5, 0.6) is 0 Å². The van der Waals surface area contributed by atoms with Gasteiger partial charge in [-0.25, -0.2) is 0 Å². The third-order valence-electron chi connectivity index (χ3n) is 3.07. The Morgan fingerprint density at radius 2 is 1.84 bits per heavy atom. The fourth-order valence-electron chi connectivity index (χ4n) is 2.22. The number of ether oxygens (including phenoxy) is 1. The molecule has 4 heteroatoms. The summed E-state index contributed by atoms with van der Waals surface area (Å²) in [4.78, 5) is 0. The number of rotatable bonds is 7. The molecule has 1 N–H and O–H groups in total. The summed E-state index contributed by atoms with van der Waals surface area (Å²) in [5, 5.41) is 4.65. The predicted molar refractivity (Wildman–Crippen MR) is 83.1 cm³/mol. The molecular weight excluding hydrogens is 281 g/mol. The quantitative estimate of drug-likeness (QED) is 0.788. The fraction of sp³-hybridized carbons (Fsp3) is 0.600. The van der Waals surface area contributed by atoms with Crippen LogP contribution < -0.4 is 5.32 Å². The Balaban J connectivity index is 3.06. The molecule has 19 heavy (non-hydrogen) atoms. The molecule has 0 aromatic heterocycles. The van der Waals surface area contributed by atoms with Crippen LogP contribution in [0.25, 0.3) is 0 Å². The van der Waals surface area contributed by atoms with Crippen LogP contribution >= 0.6 is 23.2 Å². The molecule has 0 radical (unpaired) electrons. The van der Waals surface area contributed by atoms with Crippen molar-refractivity contribution in [2.24, 2.45) is 5.92 Å². The maximum absolute atomic E-state index is 6.12. The summed E-state index contributed by atoms with van der Waals surface area (Å²) in [6.07, 6.45) is 0.113. The Morgan fingerprint density at radius 3 is 2.32 bits per heavy atom. The van der Waals surface area contributed by atoms with Crippen LogP contribution in [0.4, 0.5) is 0 Å². The van der Waals surface area contributed by atoms with E-state index in [9.17, 15) is 0 Å². The standard InChI is InChI=1S/C15H23Cl2NO/c1-5-18-14(15(10(3)4)19-6-2)11-7-8-12(16)13(17)9-11/h7-10,14-15,18H,5-6H2,1-4H3. The molecule has 108 valence electrons. The summed E-state index contributed by atoms with van der Waals surface area (Å²) in [5.41, 5.74) is 1.11. The van der Waals surface area contributed by atoms with Crippen molar-refractivity contribution in [1.29, 1.82) is 0 Å². The molecule has 0 saturated heterocycles. The average Bonchev–Trinajstić information content (AvgIpc) is 2.37. The van der Waals surface area contributed by atoms with E-state index in [1.54, 1.807) is 0 Å². The minimum absolute atomic E-state index is 0.113. The van der Waals surface area contributed by atoms with Gasteiger partial charge in [0.25, 0.3) is 0 Å². The molecule has 0 aliphatic rings. The van der Waals surface area contributed by atoms with Crippen molar-refractivity contribution in [3.8, 4) is 0 Å². The largest absolute Gasteiger partial charge is 0.376 e. The van der Waals surface area contributed by atoms with E-state index in [2.05, 4.69) is 26.1 Å². The van der Waals surface area contributed by atoms with E-state index in [0.29, 0.717) is 22.6 Å². The Bertz CT molecular complexity index is 396. The summed E-state index contributed by atoms with van der Waals surface area (Å²) in [7, 11) is 0. The molecule has 0 saturated carbocycles. The van der Waals surface area contributed by atoms with Gasteiger partial charge >= 0.3 is 0 Å². The highest BCUT2D eigenvalue weighted by Gasteiger charge is 2.26. The van der Waals surface area contributed by atoms with Crippen LogP contribution in [-0.2, 0) is 4.74 Å². The summed E-state index contributed by atoms with van der Waals surface area (Å²) in [5.74, 6) is 0.415.